The van der Waals surface area contributed by atoms with Crippen LogP contribution in [0.5, 0.6) is 0 Å². The molecule has 0 aromatic carbocycles. The molecule has 0 aromatic rings. The van der Waals surface area contributed by atoms with E-state index in [0.29, 0.717) is 0 Å². The van der Waals surface area contributed by atoms with Gasteiger partial charge in [0, 0.05) is 12.2 Å². The molecule has 0 rings (SSSR count). The number of carbonyl (C=O) groups excluding carboxylic acids is 2. The third-order valence-electron chi connectivity index (χ3n) is 3.30. The molecule has 0 saturated carbocycles. The van der Waals surface area contributed by atoms with E-state index in [4.69, 9.17) is 13.0 Å². The summed E-state index contributed by atoms with van der Waals surface area (Å²) in [4.78, 5) is 23.2. The van der Waals surface area contributed by atoms with Crippen molar-refractivity contribution < 1.29 is 62.4 Å². The van der Waals surface area contributed by atoms with Crippen molar-refractivity contribution in [2.75, 3.05) is 6.23 Å². The normalized spacial score (nSPS) is 15.4. The molecule has 0 aromatic heterocycles. The zero-order valence-corrected chi connectivity index (χ0v) is 22.6. The van der Waals surface area contributed by atoms with Gasteiger partial charge >= 0.3 is 38.7 Å². The van der Waals surface area contributed by atoms with Gasteiger partial charge in [-0.1, -0.05) is 0 Å². The number of ether oxygens (including phenoxy) is 2. The fraction of sp³-hybridized carbons (Fsp3) is 0.765. The van der Waals surface area contributed by atoms with E-state index in [2.05, 4.69) is 4.74 Å². The highest BCUT2D eigenvalue weighted by molar-refractivity contribution is 6.87. The van der Waals surface area contributed by atoms with Crippen LogP contribution in [0.4, 0.5) is 35.1 Å². The summed E-state index contributed by atoms with van der Waals surface area (Å²) in [6, 6.07) is 0. The Labute approximate surface area is 195 Å². The van der Waals surface area contributed by atoms with Crippen LogP contribution in [-0.2, 0) is 27.3 Å². The van der Waals surface area contributed by atoms with Crippen LogP contribution in [0, 0.1) is 0 Å². The zero-order valence-electron chi connectivity index (χ0n) is 19.6. The molecule has 0 amide bonds. The number of hydrogen-bond acceptors (Lipinski definition) is 6. The van der Waals surface area contributed by atoms with Gasteiger partial charge in [0.15, 0.2) is 22.8 Å². The SMILES string of the molecule is C[Si](C)(C)O[Si](C)(COC(=O)/C=C/C(=O)OC(F)(F)C(F)(F)C(F)CC(F)(F)F)O[Si](C)(C)C. The van der Waals surface area contributed by atoms with E-state index >= 15 is 0 Å². The molecule has 200 valence electrons. The molecule has 17 heteroatoms. The standard InChI is InChI=1S/C17H28F8O6Si3/c1-32(2,3)30-34(7,31-33(4,5)6)11-28-13(26)8-9-14(27)29-17(24,25)16(22,23)12(18)10-15(19,20)21/h8-9,12H,10-11H2,1-7H3/b9-8+. The quantitative estimate of drug-likeness (QED) is 0.136. The minimum Gasteiger partial charge on any atom is -0.461 e. The Balaban J connectivity index is 5.18. The Bertz CT molecular complexity index is 731. The second-order valence-corrected chi connectivity index (χ2v) is 22.0. The van der Waals surface area contributed by atoms with Gasteiger partial charge in [0.25, 0.3) is 0 Å². The zero-order chi connectivity index (χ0) is 27.4. The molecule has 0 radical (unpaired) electrons. The van der Waals surface area contributed by atoms with E-state index < -0.39 is 67.9 Å². The number of rotatable bonds is 12. The van der Waals surface area contributed by atoms with Crippen LogP contribution in [-0.4, -0.2) is 67.7 Å². The third kappa shape index (κ3) is 12.4. The van der Waals surface area contributed by atoms with Gasteiger partial charge in [-0.25, -0.2) is 14.0 Å². The molecule has 0 aliphatic carbocycles. The van der Waals surface area contributed by atoms with Gasteiger partial charge in [-0.2, -0.15) is 30.7 Å². The Morgan fingerprint density at radius 3 is 1.59 bits per heavy atom. The minimum atomic E-state index is -5.98. The van der Waals surface area contributed by atoms with E-state index in [1.54, 1.807) is 6.55 Å². The van der Waals surface area contributed by atoms with E-state index in [1.807, 2.05) is 39.3 Å². The molecule has 0 heterocycles. The fourth-order valence-electron chi connectivity index (χ4n) is 2.50. The molecule has 34 heavy (non-hydrogen) atoms. The number of esters is 2. The van der Waals surface area contributed by atoms with E-state index in [0.717, 1.165) is 0 Å². The summed E-state index contributed by atoms with van der Waals surface area (Å²) in [7, 11) is -7.36. The Kier molecular flexibility index (Phi) is 10.7. The minimum absolute atomic E-state index is 0.0130. The molecule has 0 spiro atoms. The van der Waals surface area contributed by atoms with Gasteiger partial charge in [0.05, 0.1) is 6.42 Å². The lowest BCUT2D eigenvalue weighted by molar-refractivity contribution is -0.349. The van der Waals surface area contributed by atoms with Gasteiger partial charge < -0.3 is 17.7 Å². The summed E-state index contributed by atoms with van der Waals surface area (Å²) in [6.07, 6.45) is -18.8. The summed E-state index contributed by atoms with van der Waals surface area (Å²) >= 11 is 0. The van der Waals surface area contributed by atoms with Crippen LogP contribution in [0.3, 0.4) is 0 Å². The van der Waals surface area contributed by atoms with Crippen molar-refractivity contribution in [3.63, 3.8) is 0 Å². The highest BCUT2D eigenvalue weighted by Gasteiger charge is 2.66. The Morgan fingerprint density at radius 2 is 1.21 bits per heavy atom. The number of alkyl halides is 8. The summed E-state index contributed by atoms with van der Waals surface area (Å²) in [5.41, 5.74) is 0. The predicted molar refractivity (Wildman–Crippen MR) is 112 cm³/mol. The van der Waals surface area contributed by atoms with Gasteiger partial charge in [-0.05, 0) is 45.8 Å². The molecular formula is C17H28F8O6Si3. The number of halogens is 8. The lowest BCUT2D eigenvalue weighted by Gasteiger charge is -2.37. The molecule has 0 saturated heterocycles. The maximum absolute atomic E-state index is 13.5. The highest BCUT2D eigenvalue weighted by atomic mass is 28.5. The summed E-state index contributed by atoms with van der Waals surface area (Å²) in [5, 5.41) is 0. The van der Waals surface area contributed by atoms with Crippen molar-refractivity contribution in [1.82, 2.24) is 0 Å². The average molecular weight is 565 g/mol. The average Bonchev–Trinajstić information content (AvgIpc) is 2.52. The van der Waals surface area contributed by atoms with Gasteiger partial charge in [0.2, 0.25) is 0 Å². The molecule has 0 aliphatic rings. The monoisotopic (exact) mass is 564 g/mol. The summed E-state index contributed by atoms with van der Waals surface area (Å²) < 4.78 is 123. The summed E-state index contributed by atoms with van der Waals surface area (Å²) in [6.45, 7) is 12.9. The maximum atomic E-state index is 13.5. The Hall–Kier alpha value is -1.31. The molecule has 0 aliphatic heterocycles. The lowest BCUT2D eigenvalue weighted by atomic mass is 10.1. The number of hydrogen-bond donors (Lipinski definition) is 0. The van der Waals surface area contributed by atoms with Crippen molar-refractivity contribution in [2.45, 2.75) is 76.6 Å². The first-order valence-electron chi connectivity index (χ1n) is 9.73. The second-order valence-electron chi connectivity index (χ2n) is 9.35. The molecule has 1 unspecified atom stereocenters. The molecule has 6 nitrogen and oxygen atoms in total. The van der Waals surface area contributed by atoms with E-state index in [-0.39, 0.29) is 18.4 Å². The lowest BCUT2D eigenvalue weighted by Crippen LogP contribution is -2.56. The van der Waals surface area contributed by atoms with Gasteiger partial charge in [-0.3, -0.25) is 0 Å². The van der Waals surface area contributed by atoms with Crippen LogP contribution >= 0.6 is 0 Å². The van der Waals surface area contributed by atoms with Crippen molar-refractivity contribution in [3.05, 3.63) is 12.2 Å². The third-order valence-corrected chi connectivity index (χ3v) is 12.3. The maximum Gasteiger partial charge on any atom is 0.469 e. The van der Waals surface area contributed by atoms with Gasteiger partial charge in [0.1, 0.15) is 6.23 Å². The first-order chi connectivity index (χ1) is 14.8. The van der Waals surface area contributed by atoms with E-state index in [1.165, 1.54) is 0 Å². The van der Waals surface area contributed by atoms with Crippen LogP contribution in [0.25, 0.3) is 0 Å². The predicted octanol–water partition coefficient (Wildman–Crippen LogP) is 5.46. The van der Waals surface area contributed by atoms with Crippen LogP contribution in [0.2, 0.25) is 45.8 Å². The molecule has 1 atom stereocenters. The molecule has 0 N–H and O–H groups in total. The molecule has 0 fully saturated rings. The van der Waals surface area contributed by atoms with Crippen molar-refractivity contribution in [1.29, 1.82) is 0 Å². The largest absolute Gasteiger partial charge is 0.469 e. The van der Waals surface area contributed by atoms with Crippen LogP contribution < -0.4 is 0 Å². The molecule has 0 bridgehead atoms. The fourth-order valence-corrected chi connectivity index (χ4v) is 14.3. The Morgan fingerprint density at radius 1 is 0.794 bits per heavy atom. The van der Waals surface area contributed by atoms with Crippen molar-refractivity contribution in [2.24, 2.45) is 0 Å². The highest BCUT2D eigenvalue weighted by Crippen LogP contribution is 2.43. The topological polar surface area (TPSA) is 71.1 Å². The smallest absolute Gasteiger partial charge is 0.461 e. The summed E-state index contributed by atoms with van der Waals surface area (Å²) in [5.74, 6) is -9.48. The first kappa shape index (κ1) is 32.7. The second kappa shape index (κ2) is 11.2. The van der Waals surface area contributed by atoms with Crippen LogP contribution in [0.15, 0.2) is 12.2 Å². The van der Waals surface area contributed by atoms with Crippen molar-refractivity contribution in [3.8, 4) is 0 Å². The van der Waals surface area contributed by atoms with Gasteiger partial charge in [-0.15, -0.1) is 0 Å². The first-order valence-corrected chi connectivity index (χ1v) is 19.1. The van der Waals surface area contributed by atoms with E-state index in [9.17, 15) is 44.7 Å². The molecular weight excluding hydrogens is 536 g/mol. The van der Waals surface area contributed by atoms with Crippen molar-refractivity contribution >= 4 is 37.1 Å². The van der Waals surface area contributed by atoms with Crippen LogP contribution in [0.1, 0.15) is 6.42 Å². The number of carbonyl (C=O) groups is 2.